The number of nitrogens with zero attached hydrogens (tertiary/aromatic N) is 2. The number of morpholine rings is 1. The predicted molar refractivity (Wildman–Crippen MR) is 141 cm³/mol. The normalized spacial score (nSPS) is 14.2. The molecule has 3 heterocycles. The molecule has 0 radical (unpaired) electrons. The molecular formula is C27H27N3O2S2. The van der Waals surface area contributed by atoms with Gasteiger partial charge in [0.25, 0.3) is 0 Å². The Labute approximate surface area is 208 Å². The predicted octanol–water partition coefficient (Wildman–Crippen LogP) is 5.59. The van der Waals surface area contributed by atoms with Crippen LogP contribution < -0.4 is 5.32 Å². The van der Waals surface area contributed by atoms with E-state index in [0.717, 1.165) is 71.0 Å². The number of anilines is 1. The van der Waals surface area contributed by atoms with Crippen LogP contribution >= 0.6 is 22.7 Å². The molecule has 7 heteroatoms. The van der Waals surface area contributed by atoms with Crippen molar-refractivity contribution < 1.29 is 9.53 Å². The largest absolute Gasteiger partial charge is 0.379 e. The van der Waals surface area contributed by atoms with Crippen molar-refractivity contribution in [2.24, 2.45) is 0 Å². The summed E-state index contributed by atoms with van der Waals surface area (Å²) in [6.07, 6.45) is 1.30. The number of carbonyl (C=O) groups excluding carboxylic acids is 1. The lowest BCUT2D eigenvalue weighted by molar-refractivity contribution is -0.115. The number of ether oxygens (including phenoxy) is 1. The monoisotopic (exact) mass is 489 g/mol. The maximum atomic E-state index is 12.9. The van der Waals surface area contributed by atoms with Crippen LogP contribution in [0.2, 0.25) is 0 Å². The van der Waals surface area contributed by atoms with Crippen LogP contribution in [0.15, 0.2) is 72.1 Å². The van der Waals surface area contributed by atoms with Crippen LogP contribution in [0.4, 0.5) is 5.69 Å². The Morgan fingerprint density at radius 2 is 1.79 bits per heavy atom. The van der Waals surface area contributed by atoms with Crippen LogP contribution in [0.25, 0.3) is 21.1 Å². The third kappa shape index (κ3) is 5.80. The van der Waals surface area contributed by atoms with Crippen molar-refractivity contribution in [1.82, 2.24) is 9.88 Å². The number of nitrogens with one attached hydrogen (secondary N) is 1. The van der Waals surface area contributed by atoms with E-state index in [0.29, 0.717) is 6.42 Å². The highest BCUT2D eigenvalue weighted by Gasteiger charge is 2.18. The van der Waals surface area contributed by atoms with Crippen LogP contribution in [0.5, 0.6) is 0 Å². The van der Waals surface area contributed by atoms with Crippen LogP contribution in [-0.2, 0) is 22.4 Å². The van der Waals surface area contributed by atoms with Crippen molar-refractivity contribution in [2.45, 2.75) is 12.8 Å². The van der Waals surface area contributed by atoms with Gasteiger partial charge in [-0.25, -0.2) is 4.98 Å². The van der Waals surface area contributed by atoms with Crippen molar-refractivity contribution in [1.29, 1.82) is 0 Å². The first-order chi connectivity index (χ1) is 16.7. The summed E-state index contributed by atoms with van der Waals surface area (Å²) in [6.45, 7) is 4.70. The smallest absolute Gasteiger partial charge is 0.229 e. The zero-order chi connectivity index (χ0) is 23.2. The Hall–Kier alpha value is -2.84. The summed E-state index contributed by atoms with van der Waals surface area (Å²) in [7, 11) is 0. The molecule has 4 aromatic rings. The third-order valence-corrected chi connectivity index (χ3v) is 7.83. The van der Waals surface area contributed by atoms with E-state index in [1.165, 1.54) is 5.56 Å². The van der Waals surface area contributed by atoms with Crippen molar-refractivity contribution in [3.8, 4) is 21.1 Å². The summed E-state index contributed by atoms with van der Waals surface area (Å²) in [6, 6.07) is 22.4. The van der Waals surface area contributed by atoms with E-state index in [4.69, 9.17) is 9.72 Å². The Morgan fingerprint density at radius 3 is 2.53 bits per heavy atom. The minimum atomic E-state index is -0.0258. The maximum Gasteiger partial charge on any atom is 0.229 e. The van der Waals surface area contributed by atoms with Crippen LogP contribution in [-0.4, -0.2) is 48.6 Å². The van der Waals surface area contributed by atoms with E-state index in [-0.39, 0.29) is 5.91 Å². The zero-order valence-corrected chi connectivity index (χ0v) is 20.5. The summed E-state index contributed by atoms with van der Waals surface area (Å²) in [5.41, 5.74) is 4.09. The second-order valence-corrected chi connectivity index (χ2v) is 10.3. The van der Waals surface area contributed by atoms with Crippen molar-refractivity contribution in [3.63, 3.8) is 0 Å². The summed E-state index contributed by atoms with van der Waals surface area (Å²) in [5, 5.41) is 6.05. The van der Waals surface area contributed by atoms with Crippen molar-refractivity contribution >= 4 is 34.3 Å². The molecule has 2 aromatic heterocycles. The molecule has 34 heavy (non-hydrogen) atoms. The van der Waals surface area contributed by atoms with Gasteiger partial charge in [0.05, 0.1) is 30.2 Å². The fourth-order valence-electron chi connectivity index (χ4n) is 4.00. The molecule has 0 saturated carbocycles. The highest BCUT2D eigenvalue weighted by atomic mass is 32.1. The van der Waals surface area contributed by atoms with Gasteiger partial charge in [-0.1, -0.05) is 48.5 Å². The number of amides is 1. The Kier molecular flexibility index (Phi) is 7.46. The molecule has 2 aromatic carbocycles. The van der Waals surface area contributed by atoms with E-state index < -0.39 is 0 Å². The first-order valence-electron chi connectivity index (χ1n) is 11.5. The van der Waals surface area contributed by atoms with Crippen LogP contribution in [0, 0.1) is 0 Å². The molecule has 0 bridgehead atoms. The first kappa shape index (κ1) is 22.9. The molecule has 5 nitrogen and oxygen atoms in total. The summed E-state index contributed by atoms with van der Waals surface area (Å²) >= 11 is 3.24. The molecule has 0 spiro atoms. The summed E-state index contributed by atoms with van der Waals surface area (Å²) < 4.78 is 5.41. The second kappa shape index (κ2) is 11.1. The van der Waals surface area contributed by atoms with Gasteiger partial charge in [-0.3, -0.25) is 9.69 Å². The Balaban J connectivity index is 1.24. The van der Waals surface area contributed by atoms with Crippen molar-refractivity contribution in [3.05, 3.63) is 82.6 Å². The number of aromatic nitrogens is 1. The number of rotatable bonds is 8. The quantitative estimate of drug-likeness (QED) is 0.350. The summed E-state index contributed by atoms with van der Waals surface area (Å²) in [5.74, 6) is -0.0258. The molecule has 1 aliphatic rings. The average molecular weight is 490 g/mol. The van der Waals surface area contributed by atoms with Gasteiger partial charge in [0.2, 0.25) is 5.91 Å². The molecule has 0 atom stereocenters. The Bertz CT molecular complexity index is 1200. The first-order valence-corrected chi connectivity index (χ1v) is 13.2. The summed E-state index contributed by atoms with van der Waals surface area (Å²) in [4.78, 5) is 22.3. The average Bonchev–Trinajstić information content (AvgIpc) is 3.55. The number of hydrogen-bond donors (Lipinski definition) is 1. The fourth-order valence-corrected chi connectivity index (χ4v) is 5.89. The van der Waals surface area contributed by atoms with Crippen LogP contribution in [0.1, 0.15) is 10.4 Å². The number of carbonyl (C=O) groups is 1. The minimum Gasteiger partial charge on any atom is -0.379 e. The highest BCUT2D eigenvalue weighted by molar-refractivity contribution is 7.17. The van der Waals surface area contributed by atoms with Gasteiger partial charge < -0.3 is 10.1 Å². The van der Waals surface area contributed by atoms with E-state index >= 15 is 0 Å². The molecule has 0 unspecified atom stereocenters. The number of hydrogen-bond acceptors (Lipinski definition) is 6. The van der Waals surface area contributed by atoms with E-state index in [1.807, 2.05) is 41.8 Å². The van der Waals surface area contributed by atoms with Gasteiger partial charge in [0.1, 0.15) is 5.01 Å². The fraction of sp³-hybridized carbons (Fsp3) is 0.259. The van der Waals surface area contributed by atoms with Crippen LogP contribution in [0.3, 0.4) is 0 Å². The standard InChI is InChI=1S/C27H27N3O2S2/c31-25(28-22-10-8-20(9-11-22)12-13-30-14-16-32-17-15-30)19-24-26(23-7-4-18-33-23)29-27(34-24)21-5-2-1-3-6-21/h1-11,18H,12-17,19H2,(H,28,31). The molecule has 5 rings (SSSR count). The van der Waals surface area contributed by atoms with E-state index in [9.17, 15) is 4.79 Å². The molecule has 174 valence electrons. The maximum absolute atomic E-state index is 12.9. The number of thiazole rings is 1. The lowest BCUT2D eigenvalue weighted by atomic mass is 10.1. The molecule has 1 fully saturated rings. The van der Waals surface area contributed by atoms with Gasteiger partial charge in [-0.15, -0.1) is 22.7 Å². The zero-order valence-electron chi connectivity index (χ0n) is 18.9. The van der Waals surface area contributed by atoms with Gasteiger partial charge in [-0.2, -0.15) is 0 Å². The van der Waals surface area contributed by atoms with Gasteiger partial charge in [0, 0.05) is 35.8 Å². The third-order valence-electron chi connectivity index (χ3n) is 5.85. The lowest BCUT2D eigenvalue weighted by Crippen LogP contribution is -2.37. The lowest BCUT2D eigenvalue weighted by Gasteiger charge is -2.26. The second-order valence-electron chi connectivity index (χ2n) is 8.26. The molecule has 1 N–H and O–H groups in total. The Morgan fingerprint density at radius 1 is 1.00 bits per heavy atom. The van der Waals surface area contributed by atoms with Crippen molar-refractivity contribution in [2.75, 3.05) is 38.2 Å². The molecular weight excluding hydrogens is 462 g/mol. The molecule has 1 amide bonds. The molecule has 0 aliphatic carbocycles. The van der Waals surface area contributed by atoms with Gasteiger partial charge >= 0.3 is 0 Å². The topological polar surface area (TPSA) is 54.5 Å². The van der Waals surface area contributed by atoms with Gasteiger partial charge in [0.15, 0.2) is 0 Å². The number of thiophene rings is 1. The van der Waals surface area contributed by atoms with Gasteiger partial charge in [-0.05, 0) is 35.6 Å². The minimum absolute atomic E-state index is 0.0258. The number of benzene rings is 2. The van der Waals surface area contributed by atoms with E-state index in [2.05, 4.69) is 40.5 Å². The molecule has 1 saturated heterocycles. The van der Waals surface area contributed by atoms with E-state index in [1.54, 1.807) is 22.7 Å². The molecule has 1 aliphatic heterocycles. The SMILES string of the molecule is O=C(Cc1sc(-c2ccccc2)nc1-c1cccs1)Nc1ccc(CCN2CCOCC2)cc1. The highest BCUT2D eigenvalue weighted by Crippen LogP contribution is 2.36.